The van der Waals surface area contributed by atoms with Gasteiger partial charge in [-0.1, -0.05) is 85.6 Å². The molecule has 3 aromatic carbocycles. The Hall–Kier alpha value is -3.28. The molecule has 1 fully saturated rings. The Kier molecular flexibility index (Phi) is 8.08. The first-order chi connectivity index (χ1) is 20.2. The first kappa shape index (κ1) is 28.8. The van der Waals surface area contributed by atoms with Crippen LogP contribution < -0.4 is 10.2 Å². The number of piperidine rings is 1. The van der Waals surface area contributed by atoms with Crippen LogP contribution >= 0.6 is 23.2 Å². The monoisotopic (exact) mass is 601 g/mol. The van der Waals surface area contributed by atoms with Crippen LogP contribution in [0, 0.1) is 11.3 Å². The number of ketones is 1. The van der Waals surface area contributed by atoms with Gasteiger partial charge < -0.3 is 15.1 Å². The Morgan fingerprint density at radius 3 is 2.38 bits per heavy atom. The lowest BCUT2D eigenvalue weighted by atomic mass is 9.73. The number of nitrogens with zero attached hydrogens (tertiary/aromatic N) is 2. The van der Waals surface area contributed by atoms with Crippen molar-refractivity contribution in [3.05, 3.63) is 105 Å². The molecule has 6 rings (SSSR count). The Bertz CT molecular complexity index is 1530. The number of allylic oxidation sites excluding steroid dienone is 1. The molecule has 1 atom stereocenters. The Morgan fingerprint density at radius 1 is 0.929 bits per heavy atom. The van der Waals surface area contributed by atoms with Gasteiger partial charge in [0.05, 0.1) is 34.0 Å². The topological polar surface area (TPSA) is 52.7 Å². The van der Waals surface area contributed by atoms with E-state index in [9.17, 15) is 9.59 Å². The summed E-state index contributed by atoms with van der Waals surface area (Å²) in [6, 6.07) is 23.7. The van der Waals surface area contributed by atoms with E-state index in [4.69, 9.17) is 23.2 Å². The number of nitrogens with one attached hydrogen (secondary N) is 1. The Labute approximate surface area is 258 Å². The van der Waals surface area contributed by atoms with Gasteiger partial charge in [-0.15, -0.1) is 0 Å². The van der Waals surface area contributed by atoms with Gasteiger partial charge in [-0.25, -0.2) is 0 Å². The summed E-state index contributed by atoms with van der Waals surface area (Å²) in [4.78, 5) is 32.0. The number of benzene rings is 3. The fraction of sp³-hybridized carbons (Fsp3) is 0.371. The smallest absolute Gasteiger partial charge is 0.242 e. The quantitative estimate of drug-likeness (QED) is 0.321. The molecule has 1 unspecified atom stereocenters. The lowest BCUT2D eigenvalue weighted by molar-refractivity contribution is -0.131. The zero-order valence-corrected chi connectivity index (χ0v) is 25.7. The largest absolute Gasteiger partial charge is 0.357 e. The lowest BCUT2D eigenvalue weighted by Gasteiger charge is -2.39. The van der Waals surface area contributed by atoms with Crippen molar-refractivity contribution in [2.75, 3.05) is 29.9 Å². The van der Waals surface area contributed by atoms with Crippen molar-refractivity contribution >= 4 is 46.3 Å². The van der Waals surface area contributed by atoms with E-state index in [1.807, 2.05) is 47.4 Å². The predicted molar refractivity (Wildman–Crippen MR) is 171 cm³/mol. The van der Waals surface area contributed by atoms with Crippen molar-refractivity contribution in [3.8, 4) is 0 Å². The third-order valence-electron chi connectivity index (χ3n) is 8.90. The molecule has 42 heavy (non-hydrogen) atoms. The molecule has 1 aliphatic carbocycles. The van der Waals surface area contributed by atoms with Crippen LogP contribution in [0.3, 0.4) is 0 Å². The highest BCUT2D eigenvalue weighted by Crippen LogP contribution is 2.48. The molecule has 0 bridgehead atoms. The number of para-hydroxylation sites is 2. The van der Waals surface area contributed by atoms with Gasteiger partial charge in [0.15, 0.2) is 5.78 Å². The van der Waals surface area contributed by atoms with Crippen molar-refractivity contribution in [2.24, 2.45) is 11.3 Å². The summed E-state index contributed by atoms with van der Waals surface area (Å²) in [5.74, 6) is 0.733. The van der Waals surface area contributed by atoms with Crippen LogP contribution in [0.2, 0.25) is 10.0 Å². The predicted octanol–water partition coefficient (Wildman–Crippen LogP) is 8.09. The zero-order valence-electron chi connectivity index (χ0n) is 24.2. The molecule has 2 aliphatic heterocycles. The third kappa shape index (κ3) is 5.95. The minimum atomic E-state index is -0.478. The van der Waals surface area contributed by atoms with Crippen molar-refractivity contribution < 1.29 is 9.59 Å². The molecule has 0 saturated carbocycles. The van der Waals surface area contributed by atoms with E-state index in [-0.39, 0.29) is 23.7 Å². The number of amides is 1. The summed E-state index contributed by atoms with van der Waals surface area (Å²) in [5.41, 5.74) is 5.43. The molecule has 1 saturated heterocycles. The molecule has 1 N–H and O–H groups in total. The Balaban J connectivity index is 1.33. The summed E-state index contributed by atoms with van der Waals surface area (Å²) in [6.07, 6.45) is 4.19. The molecule has 7 heteroatoms. The maximum atomic E-state index is 14.0. The Morgan fingerprint density at radius 2 is 1.64 bits per heavy atom. The molecule has 3 aromatic rings. The number of halogens is 2. The van der Waals surface area contributed by atoms with Gasteiger partial charge in [0.2, 0.25) is 5.91 Å². The maximum absolute atomic E-state index is 14.0. The van der Waals surface area contributed by atoms with E-state index in [1.54, 1.807) is 6.07 Å². The number of carbonyl (C=O) groups is 2. The van der Waals surface area contributed by atoms with Crippen molar-refractivity contribution in [1.82, 2.24) is 4.90 Å². The number of likely N-dealkylation sites (tertiary alicyclic amines) is 1. The van der Waals surface area contributed by atoms with Gasteiger partial charge in [0.1, 0.15) is 0 Å². The first-order valence-corrected chi connectivity index (χ1v) is 15.6. The highest BCUT2D eigenvalue weighted by Gasteiger charge is 2.42. The average molecular weight is 603 g/mol. The second-order valence-electron chi connectivity index (χ2n) is 12.7. The molecule has 5 nitrogen and oxygen atoms in total. The van der Waals surface area contributed by atoms with Gasteiger partial charge in [-0.05, 0) is 72.4 Å². The van der Waals surface area contributed by atoms with Crippen LogP contribution in [0.25, 0.3) is 0 Å². The number of carbonyl (C=O) groups excluding carboxylic acids is 2. The van der Waals surface area contributed by atoms with E-state index in [0.29, 0.717) is 28.0 Å². The fourth-order valence-corrected chi connectivity index (χ4v) is 7.14. The van der Waals surface area contributed by atoms with Crippen LogP contribution in [0.15, 0.2) is 84.1 Å². The minimum absolute atomic E-state index is 0.0701. The van der Waals surface area contributed by atoms with E-state index in [2.05, 4.69) is 48.3 Å². The third-order valence-corrected chi connectivity index (χ3v) is 9.64. The fourth-order valence-electron chi connectivity index (χ4n) is 6.84. The number of Topliss-reactive ketones (excluding diaryl/α,β-unsaturated/α-hetero) is 1. The van der Waals surface area contributed by atoms with Crippen LogP contribution in [0.5, 0.6) is 0 Å². The van der Waals surface area contributed by atoms with Gasteiger partial charge in [-0.2, -0.15) is 0 Å². The van der Waals surface area contributed by atoms with E-state index < -0.39 is 6.04 Å². The molecular formula is C35H37Cl2N3O2. The molecule has 1 amide bonds. The van der Waals surface area contributed by atoms with Gasteiger partial charge in [-0.3, -0.25) is 9.59 Å². The first-order valence-electron chi connectivity index (χ1n) is 14.8. The maximum Gasteiger partial charge on any atom is 0.242 e. The summed E-state index contributed by atoms with van der Waals surface area (Å²) in [5, 5.41) is 4.50. The molecule has 0 aromatic heterocycles. The van der Waals surface area contributed by atoms with Gasteiger partial charge in [0, 0.05) is 30.8 Å². The number of rotatable bonds is 5. The average Bonchev–Trinajstić information content (AvgIpc) is 3.09. The molecule has 2 heterocycles. The van der Waals surface area contributed by atoms with Crippen molar-refractivity contribution in [3.63, 3.8) is 0 Å². The van der Waals surface area contributed by atoms with E-state index in [1.165, 1.54) is 5.56 Å². The number of fused-ring (bicyclic) bond motifs is 1. The highest BCUT2D eigenvalue weighted by molar-refractivity contribution is 6.42. The molecular weight excluding hydrogens is 565 g/mol. The molecule has 3 aliphatic rings. The lowest BCUT2D eigenvalue weighted by Crippen LogP contribution is -2.46. The van der Waals surface area contributed by atoms with Crippen molar-refractivity contribution in [2.45, 2.75) is 52.0 Å². The second kappa shape index (κ2) is 11.8. The van der Waals surface area contributed by atoms with Gasteiger partial charge in [0.25, 0.3) is 0 Å². The van der Waals surface area contributed by atoms with Crippen LogP contribution in [-0.4, -0.2) is 36.2 Å². The number of hydrogen-bond donors (Lipinski definition) is 1. The van der Waals surface area contributed by atoms with Crippen LogP contribution in [0.1, 0.15) is 56.7 Å². The normalized spacial score (nSPS) is 20.5. The van der Waals surface area contributed by atoms with Gasteiger partial charge >= 0.3 is 0 Å². The number of hydrogen-bond acceptors (Lipinski definition) is 4. The SMILES string of the molecule is CC1(C)CC(=O)C2=C(C1)Nc1ccccc1N(CC(=O)N1CCC(Cc3ccccc3)CC1)C2c1ccc(Cl)c(Cl)c1. The van der Waals surface area contributed by atoms with E-state index >= 15 is 0 Å². The van der Waals surface area contributed by atoms with Crippen LogP contribution in [-0.2, 0) is 16.0 Å². The molecule has 0 spiro atoms. The van der Waals surface area contributed by atoms with E-state index in [0.717, 1.165) is 61.4 Å². The summed E-state index contributed by atoms with van der Waals surface area (Å²) < 4.78 is 0. The summed E-state index contributed by atoms with van der Waals surface area (Å²) in [6.45, 7) is 5.89. The second-order valence-corrected chi connectivity index (χ2v) is 13.5. The standard InChI is InChI=1S/C35H37Cl2N3O2/c1-35(2)20-29-33(31(41)21-35)34(25-12-13-26(36)27(37)19-25)40(30-11-7-6-10-28(30)38-29)22-32(42)39-16-14-24(15-17-39)18-23-8-4-3-5-9-23/h3-13,19,24,34,38H,14-18,20-22H2,1-2H3. The molecule has 0 radical (unpaired) electrons. The van der Waals surface area contributed by atoms with Crippen LogP contribution in [0.4, 0.5) is 11.4 Å². The minimum Gasteiger partial charge on any atom is -0.357 e. The molecule has 218 valence electrons. The zero-order chi connectivity index (χ0) is 29.4. The number of anilines is 2. The van der Waals surface area contributed by atoms with Crippen molar-refractivity contribution in [1.29, 1.82) is 0 Å². The summed E-state index contributed by atoms with van der Waals surface area (Å²) in [7, 11) is 0. The summed E-state index contributed by atoms with van der Waals surface area (Å²) >= 11 is 12.9. The highest BCUT2D eigenvalue weighted by atomic mass is 35.5.